The third-order valence-electron chi connectivity index (χ3n) is 2.85. The zero-order valence-corrected chi connectivity index (χ0v) is 12.5. The Labute approximate surface area is 126 Å². The number of nitrogens with zero attached hydrogens (tertiary/aromatic N) is 4. The molecule has 0 unspecified atom stereocenters. The molecule has 0 saturated heterocycles. The molecule has 21 heavy (non-hydrogen) atoms. The molecular formula is C13H14ClN5O2. The maximum absolute atomic E-state index is 11.3. The topological polar surface area (TPSA) is 84.2 Å². The minimum atomic E-state index is -0.497. The van der Waals surface area contributed by atoms with E-state index in [2.05, 4.69) is 15.3 Å². The van der Waals surface area contributed by atoms with Crippen LogP contribution in [0.4, 0.5) is 23.0 Å². The number of halogens is 1. The van der Waals surface area contributed by atoms with Crippen LogP contribution in [0.3, 0.4) is 0 Å². The second-order valence-electron chi connectivity index (χ2n) is 4.63. The largest absolute Gasteiger partial charge is 0.357 e. The van der Waals surface area contributed by atoms with Crippen LogP contribution < -0.4 is 10.2 Å². The predicted molar refractivity (Wildman–Crippen MR) is 82.5 cm³/mol. The lowest BCUT2D eigenvalue weighted by molar-refractivity contribution is -0.383. The Hall–Kier alpha value is -2.41. The summed E-state index contributed by atoms with van der Waals surface area (Å²) in [5.41, 5.74) is 1.39. The van der Waals surface area contributed by atoms with E-state index in [1.807, 2.05) is 6.92 Å². The molecule has 7 nitrogen and oxygen atoms in total. The molecule has 2 aromatic rings. The van der Waals surface area contributed by atoms with Crippen LogP contribution in [-0.2, 0) is 0 Å². The van der Waals surface area contributed by atoms with E-state index in [4.69, 9.17) is 11.6 Å². The SMILES string of the molecule is Cc1cc(Cl)ccc1Nc1ncnc(N(C)C)c1[N+](=O)[O-]. The zero-order valence-electron chi connectivity index (χ0n) is 11.8. The monoisotopic (exact) mass is 307 g/mol. The number of rotatable bonds is 4. The van der Waals surface area contributed by atoms with E-state index in [0.717, 1.165) is 5.56 Å². The molecule has 0 radical (unpaired) electrons. The van der Waals surface area contributed by atoms with Crippen molar-refractivity contribution in [2.75, 3.05) is 24.3 Å². The minimum absolute atomic E-state index is 0.143. The smallest absolute Gasteiger partial charge is 0.353 e. The van der Waals surface area contributed by atoms with E-state index in [9.17, 15) is 10.1 Å². The van der Waals surface area contributed by atoms with Crippen LogP contribution in [-0.4, -0.2) is 29.0 Å². The fraction of sp³-hybridized carbons (Fsp3) is 0.231. The highest BCUT2D eigenvalue weighted by Crippen LogP contribution is 2.33. The standard InChI is InChI=1S/C13H14ClN5O2/c1-8-6-9(14)4-5-10(8)17-12-11(19(20)21)13(18(2)3)16-7-15-12/h4-7H,1-3H3,(H,15,16,17). The van der Waals surface area contributed by atoms with Gasteiger partial charge in [-0.1, -0.05) is 11.6 Å². The van der Waals surface area contributed by atoms with Gasteiger partial charge in [0.25, 0.3) is 0 Å². The first kappa shape index (κ1) is 15.0. The highest BCUT2D eigenvalue weighted by atomic mass is 35.5. The number of aromatic nitrogens is 2. The first-order valence-corrected chi connectivity index (χ1v) is 6.48. The molecule has 2 rings (SSSR count). The van der Waals surface area contributed by atoms with Crippen molar-refractivity contribution in [1.82, 2.24) is 9.97 Å². The Kier molecular flexibility index (Phi) is 4.23. The van der Waals surface area contributed by atoms with Crippen LogP contribution in [0.5, 0.6) is 0 Å². The summed E-state index contributed by atoms with van der Waals surface area (Å²) in [6.45, 7) is 1.86. The van der Waals surface area contributed by atoms with E-state index >= 15 is 0 Å². The van der Waals surface area contributed by atoms with Crippen molar-refractivity contribution in [2.45, 2.75) is 6.92 Å². The summed E-state index contributed by atoms with van der Waals surface area (Å²) in [5.74, 6) is 0.383. The number of nitro groups is 1. The van der Waals surface area contributed by atoms with Crippen LogP contribution in [0, 0.1) is 17.0 Å². The average Bonchev–Trinajstić information content (AvgIpc) is 2.41. The van der Waals surface area contributed by atoms with Crippen molar-refractivity contribution in [3.8, 4) is 0 Å². The molecule has 0 fully saturated rings. The molecule has 0 aliphatic rings. The average molecular weight is 308 g/mol. The highest BCUT2D eigenvalue weighted by molar-refractivity contribution is 6.30. The highest BCUT2D eigenvalue weighted by Gasteiger charge is 2.24. The van der Waals surface area contributed by atoms with Crippen LogP contribution >= 0.6 is 11.6 Å². The Morgan fingerprint density at radius 2 is 2.05 bits per heavy atom. The van der Waals surface area contributed by atoms with Gasteiger partial charge in [0.15, 0.2) is 0 Å². The van der Waals surface area contributed by atoms with Gasteiger partial charge in [0, 0.05) is 24.8 Å². The number of nitrogens with one attached hydrogen (secondary N) is 1. The Morgan fingerprint density at radius 1 is 1.33 bits per heavy atom. The number of benzene rings is 1. The van der Waals surface area contributed by atoms with Crippen molar-refractivity contribution >= 4 is 34.6 Å². The lowest BCUT2D eigenvalue weighted by Crippen LogP contribution is -2.14. The van der Waals surface area contributed by atoms with E-state index in [1.165, 1.54) is 6.33 Å². The summed E-state index contributed by atoms with van der Waals surface area (Å²) in [6, 6.07) is 5.22. The molecule has 0 bridgehead atoms. The van der Waals surface area contributed by atoms with Gasteiger partial charge in [0.05, 0.1) is 4.92 Å². The first-order valence-electron chi connectivity index (χ1n) is 6.10. The summed E-state index contributed by atoms with van der Waals surface area (Å²) in [5, 5.41) is 14.9. The Bertz CT molecular complexity index is 690. The van der Waals surface area contributed by atoms with Crippen molar-refractivity contribution in [3.63, 3.8) is 0 Å². The van der Waals surface area contributed by atoms with Gasteiger partial charge in [0.1, 0.15) is 6.33 Å². The second-order valence-corrected chi connectivity index (χ2v) is 5.07. The summed E-state index contributed by atoms with van der Waals surface area (Å²) in [4.78, 5) is 20.3. The quantitative estimate of drug-likeness (QED) is 0.690. The summed E-state index contributed by atoms with van der Waals surface area (Å²) >= 11 is 5.90. The maximum atomic E-state index is 11.3. The number of anilines is 3. The van der Waals surface area contributed by atoms with Gasteiger partial charge in [0.2, 0.25) is 11.6 Å². The molecule has 110 valence electrons. The minimum Gasteiger partial charge on any atom is -0.357 e. The van der Waals surface area contributed by atoms with Crippen LogP contribution in [0.15, 0.2) is 24.5 Å². The van der Waals surface area contributed by atoms with Gasteiger partial charge < -0.3 is 10.2 Å². The van der Waals surface area contributed by atoms with Gasteiger partial charge in [-0.3, -0.25) is 10.1 Å². The van der Waals surface area contributed by atoms with E-state index in [-0.39, 0.29) is 17.3 Å². The van der Waals surface area contributed by atoms with Crippen LogP contribution in [0.25, 0.3) is 0 Å². The predicted octanol–water partition coefficient (Wildman–Crippen LogP) is 3.16. The molecule has 0 aliphatic heterocycles. The molecule has 0 spiro atoms. The number of hydrogen-bond donors (Lipinski definition) is 1. The Morgan fingerprint density at radius 3 is 2.62 bits per heavy atom. The van der Waals surface area contributed by atoms with E-state index in [1.54, 1.807) is 37.2 Å². The molecule has 1 N–H and O–H groups in total. The third kappa shape index (κ3) is 3.19. The molecule has 0 saturated carbocycles. The van der Waals surface area contributed by atoms with Gasteiger partial charge >= 0.3 is 5.69 Å². The molecule has 0 aliphatic carbocycles. The van der Waals surface area contributed by atoms with Crippen molar-refractivity contribution < 1.29 is 4.92 Å². The molecule has 0 amide bonds. The fourth-order valence-electron chi connectivity index (χ4n) is 1.85. The molecule has 1 aromatic heterocycles. The lowest BCUT2D eigenvalue weighted by Gasteiger charge is -2.14. The summed E-state index contributed by atoms with van der Waals surface area (Å²) in [6.07, 6.45) is 1.29. The van der Waals surface area contributed by atoms with Crippen molar-refractivity contribution in [2.24, 2.45) is 0 Å². The van der Waals surface area contributed by atoms with Gasteiger partial charge in [-0.15, -0.1) is 0 Å². The Balaban J connectivity index is 2.49. The second kappa shape index (κ2) is 5.92. The maximum Gasteiger partial charge on any atom is 0.353 e. The number of aryl methyl sites for hydroxylation is 1. The molecule has 1 heterocycles. The molecule has 1 aromatic carbocycles. The van der Waals surface area contributed by atoms with Crippen LogP contribution in [0.1, 0.15) is 5.56 Å². The summed E-state index contributed by atoms with van der Waals surface area (Å²) < 4.78 is 0. The van der Waals surface area contributed by atoms with Crippen molar-refractivity contribution in [1.29, 1.82) is 0 Å². The van der Waals surface area contributed by atoms with Crippen molar-refractivity contribution in [3.05, 3.63) is 45.2 Å². The zero-order chi connectivity index (χ0) is 15.6. The van der Waals surface area contributed by atoms with Crippen LogP contribution in [0.2, 0.25) is 5.02 Å². The third-order valence-corrected chi connectivity index (χ3v) is 3.09. The number of hydrogen-bond acceptors (Lipinski definition) is 6. The first-order chi connectivity index (χ1) is 9.90. The van der Waals surface area contributed by atoms with Gasteiger partial charge in [-0.2, -0.15) is 0 Å². The summed E-state index contributed by atoms with van der Waals surface area (Å²) in [7, 11) is 3.37. The normalized spacial score (nSPS) is 10.3. The van der Waals surface area contributed by atoms with E-state index in [0.29, 0.717) is 10.7 Å². The fourth-order valence-corrected chi connectivity index (χ4v) is 2.08. The van der Waals surface area contributed by atoms with E-state index < -0.39 is 4.92 Å². The molecule has 8 heteroatoms. The van der Waals surface area contributed by atoms with Gasteiger partial charge in [-0.25, -0.2) is 9.97 Å². The molecular weight excluding hydrogens is 294 g/mol. The van der Waals surface area contributed by atoms with Gasteiger partial charge in [-0.05, 0) is 30.7 Å². The lowest BCUT2D eigenvalue weighted by atomic mass is 10.2. The molecule has 0 atom stereocenters.